The smallest absolute Gasteiger partial charge is 0.310 e. The van der Waals surface area contributed by atoms with Gasteiger partial charge in [-0.1, -0.05) is 30.3 Å². The van der Waals surface area contributed by atoms with E-state index >= 15 is 0 Å². The van der Waals surface area contributed by atoms with E-state index in [4.69, 9.17) is 15.6 Å². The van der Waals surface area contributed by atoms with Crippen molar-refractivity contribution in [1.82, 2.24) is 14.8 Å². The molecule has 0 aliphatic carbocycles. The first-order chi connectivity index (χ1) is 14.5. The van der Waals surface area contributed by atoms with Crippen molar-refractivity contribution in [1.29, 1.82) is 0 Å². The molecule has 0 spiro atoms. The topological polar surface area (TPSA) is 58.8 Å². The summed E-state index contributed by atoms with van der Waals surface area (Å²) in [6.07, 6.45) is 8.32. The molecule has 1 aromatic carbocycles. The van der Waals surface area contributed by atoms with Gasteiger partial charge >= 0.3 is 5.97 Å². The molecule has 6 nitrogen and oxygen atoms in total. The molecule has 0 amide bonds. The van der Waals surface area contributed by atoms with Crippen LogP contribution in [0.4, 0.5) is 0 Å². The first-order valence-corrected chi connectivity index (χ1v) is 10.6. The molecule has 2 saturated heterocycles. The van der Waals surface area contributed by atoms with Crippen LogP contribution in [0.2, 0.25) is 0 Å². The van der Waals surface area contributed by atoms with Gasteiger partial charge in [-0.05, 0) is 20.3 Å². The number of oxazole rings is 1. The fourth-order valence-corrected chi connectivity index (χ4v) is 4.35. The highest BCUT2D eigenvalue weighted by Crippen LogP contribution is 2.32. The maximum absolute atomic E-state index is 11.9. The summed E-state index contributed by atoms with van der Waals surface area (Å²) in [6.45, 7) is 8.75. The number of piperazine rings is 1. The third-order valence-corrected chi connectivity index (χ3v) is 6.24. The monoisotopic (exact) mass is 407 g/mol. The summed E-state index contributed by atoms with van der Waals surface area (Å²) in [5, 5.41) is 0. The molecule has 2 aromatic rings. The van der Waals surface area contributed by atoms with Gasteiger partial charge in [-0.2, -0.15) is 0 Å². The Hall–Kier alpha value is -2.62. The zero-order valence-corrected chi connectivity index (χ0v) is 17.7. The molecule has 0 bridgehead atoms. The van der Waals surface area contributed by atoms with Crippen LogP contribution in [0.25, 0.3) is 11.3 Å². The molecule has 0 N–H and O–H groups in total. The van der Waals surface area contributed by atoms with Crippen LogP contribution in [0.5, 0.6) is 0 Å². The minimum Gasteiger partial charge on any atom is -0.461 e. The Bertz CT molecular complexity index is 907. The molecule has 2 aliphatic heterocycles. The van der Waals surface area contributed by atoms with Crippen molar-refractivity contribution in [3.63, 3.8) is 0 Å². The van der Waals surface area contributed by atoms with Gasteiger partial charge in [-0.3, -0.25) is 14.6 Å². The highest BCUT2D eigenvalue weighted by atomic mass is 16.6. The van der Waals surface area contributed by atoms with Crippen molar-refractivity contribution in [3.05, 3.63) is 42.4 Å². The van der Waals surface area contributed by atoms with Gasteiger partial charge < -0.3 is 9.15 Å². The van der Waals surface area contributed by atoms with Crippen molar-refractivity contribution < 1.29 is 13.9 Å². The van der Waals surface area contributed by atoms with Gasteiger partial charge in [0.1, 0.15) is 6.10 Å². The predicted octanol–water partition coefficient (Wildman–Crippen LogP) is 3.15. The molecule has 1 aromatic heterocycles. The number of nitrogens with zero attached hydrogens (tertiary/aromatic N) is 3. The average Bonchev–Trinajstić information content (AvgIpc) is 3.37. The Morgan fingerprint density at radius 2 is 1.93 bits per heavy atom. The molecule has 2 aliphatic rings. The average molecular weight is 408 g/mol. The third-order valence-electron chi connectivity index (χ3n) is 6.24. The van der Waals surface area contributed by atoms with Crippen molar-refractivity contribution in [2.45, 2.75) is 38.3 Å². The molecular formula is C24H29N3O3. The normalized spacial score (nSPS) is 23.3. The van der Waals surface area contributed by atoms with Crippen LogP contribution in [-0.4, -0.2) is 59.6 Å². The van der Waals surface area contributed by atoms with Gasteiger partial charge in [0.25, 0.3) is 0 Å². The number of hydrogen-bond acceptors (Lipinski definition) is 6. The second-order valence-electron chi connectivity index (χ2n) is 8.64. The fraction of sp³-hybridized carbons (Fsp3) is 0.500. The van der Waals surface area contributed by atoms with E-state index in [2.05, 4.69) is 34.6 Å². The molecular weight excluding hydrogens is 378 g/mol. The van der Waals surface area contributed by atoms with Crippen LogP contribution < -0.4 is 0 Å². The summed E-state index contributed by atoms with van der Waals surface area (Å²) >= 11 is 0. The Kier molecular flexibility index (Phi) is 5.94. The largest absolute Gasteiger partial charge is 0.461 e. The second-order valence-corrected chi connectivity index (χ2v) is 8.64. The van der Waals surface area contributed by atoms with Crippen LogP contribution in [0.3, 0.4) is 0 Å². The lowest BCUT2D eigenvalue weighted by Crippen LogP contribution is -2.54. The van der Waals surface area contributed by atoms with Crippen LogP contribution in [0.1, 0.15) is 32.6 Å². The number of benzene rings is 1. The van der Waals surface area contributed by atoms with Gasteiger partial charge in [-0.25, -0.2) is 4.98 Å². The maximum atomic E-state index is 11.9. The van der Waals surface area contributed by atoms with Gasteiger partial charge in [0.15, 0.2) is 5.76 Å². The SMILES string of the molecule is C#CC[C@@H]1C[C@@H](CN2CCN(C(C)(C)c3ncc(-c4ccccc4)o3)CC2)OC1=O. The van der Waals surface area contributed by atoms with E-state index in [-0.39, 0.29) is 23.5 Å². The number of esters is 1. The van der Waals surface area contributed by atoms with Crippen LogP contribution in [0.15, 0.2) is 40.9 Å². The molecule has 2 fully saturated rings. The van der Waals surface area contributed by atoms with E-state index in [9.17, 15) is 4.79 Å². The lowest BCUT2D eigenvalue weighted by molar-refractivity contribution is -0.144. The molecule has 0 unspecified atom stereocenters. The molecule has 30 heavy (non-hydrogen) atoms. The van der Waals surface area contributed by atoms with Crippen LogP contribution in [-0.2, 0) is 15.1 Å². The highest BCUT2D eigenvalue weighted by Gasteiger charge is 2.38. The Balaban J connectivity index is 1.33. The van der Waals surface area contributed by atoms with Crippen molar-refractivity contribution in [2.75, 3.05) is 32.7 Å². The zero-order chi connectivity index (χ0) is 21.1. The van der Waals surface area contributed by atoms with E-state index in [1.165, 1.54) is 0 Å². The molecule has 0 radical (unpaired) electrons. The standard InChI is InChI=1S/C24H29N3O3/c1-4-8-19-15-20(29-22(19)28)17-26-11-13-27(14-12-26)24(2,3)23-25-16-21(30-23)18-9-6-5-7-10-18/h1,5-7,9-10,16,19-20H,8,11-15,17H2,2-3H3/t19-,20+/m1/s1. The summed E-state index contributed by atoms with van der Waals surface area (Å²) in [7, 11) is 0. The minimum absolute atomic E-state index is 0.0458. The number of carbonyl (C=O) groups is 1. The van der Waals surface area contributed by atoms with Crippen molar-refractivity contribution in [2.24, 2.45) is 5.92 Å². The molecule has 6 heteroatoms. The number of aromatic nitrogens is 1. The number of ether oxygens (including phenoxy) is 1. The number of rotatable bonds is 6. The predicted molar refractivity (Wildman–Crippen MR) is 114 cm³/mol. The van der Waals surface area contributed by atoms with E-state index in [1.807, 2.05) is 36.5 Å². The Morgan fingerprint density at radius 1 is 1.20 bits per heavy atom. The fourth-order valence-electron chi connectivity index (χ4n) is 4.35. The first kappa shape index (κ1) is 20.6. The summed E-state index contributed by atoms with van der Waals surface area (Å²) in [6, 6.07) is 10.0. The molecule has 3 heterocycles. The van der Waals surface area contributed by atoms with E-state index in [0.29, 0.717) is 6.42 Å². The number of cyclic esters (lactones) is 1. The molecule has 4 rings (SSSR count). The van der Waals surface area contributed by atoms with Gasteiger partial charge in [0.05, 0.1) is 17.7 Å². The molecule has 2 atom stereocenters. The maximum Gasteiger partial charge on any atom is 0.310 e. The lowest BCUT2D eigenvalue weighted by atomic mass is 10.0. The highest BCUT2D eigenvalue weighted by molar-refractivity contribution is 5.75. The number of carbonyl (C=O) groups excluding carboxylic acids is 1. The van der Waals surface area contributed by atoms with Gasteiger partial charge in [0.2, 0.25) is 5.89 Å². The van der Waals surface area contributed by atoms with Crippen LogP contribution >= 0.6 is 0 Å². The summed E-state index contributed by atoms with van der Waals surface area (Å²) in [5.74, 6) is 3.83. The third kappa shape index (κ3) is 4.28. The second kappa shape index (κ2) is 8.63. The van der Waals surface area contributed by atoms with Crippen molar-refractivity contribution in [3.8, 4) is 23.7 Å². The molecule has 0 saturated carbocycles. The van der Waals surface area contributed by atoms with E-state index in [1.54, 1.807) is 0 Å². The van der Waals surface area contributed by atoms with Crippen LogP contribution in [0, 0.1) is 18.3 Å². The summed E-state index contributed by atoms with van der Waals surface area (Å²) in [5.41, 5.74) is 0.739. The Morgan fingerprint density at radius 3 is 2.63 bits per heavy atom. The van der Waals surface area contributed by atoms with E-state index < -0.39 is 0 Å². The summed E-state index contributed by atoms with van der Waals surface area (Å²) < 4.78 is 11.7. The number of hydrogen-bond donors (Lipinski definition) is 0. The number of terminal acetylenes is 1. The lowest BCUT2D eigenvalue weighted by Gasteiger charge is -2.42. The first-order valence-electron chi connectivity index (χ1n) is 10.6. The van der Waals surface area contributed by atoms with E-state index in [0.717, 1.165) is 56.4 Å². The van der Waals surface area contributed by atoms with Gasteiger partial charge in [-0.15, -0.1) is 12.3 Å². The summed E-state index contributed by atoms with van der Waals surface area (Å²) in [4.78, 5) is 21.3. The Labute approximate surface area is 178 Å². The zero-order valence-electron chi connectivity index (χ0n) is 17.7. The molecule has 158 valence electrons. The van der Waals surface area contributed by atoms with Gasteiger partial charge in [0, 0.05) is 44.7 Å². The minimum atomic E-state index is -0.295. The van der Waals surface area contributed by atoms with Crippen molar-refractivity contribution >= 4 is 5.97 Å². The quantitative estimate of drug-likeness (QED) is 0.542.